The molecule has 0 aliphatic carbocycles. The van der Waals surface area contributed by atoms with E-state index in [1.807, 2.05) is 24.3 Å². The van der Waals surface area contributed by atoms with E-state index in [1.165, 1.54) is 32.1 Å². The van der Waals surface area contributed by atoms with Crippen LogP contribution in [0, 0.1) is 0 Å². The average molecular weight is 333 g/mol. The molecule has 0 spiro atoms. The Labute approximate surface area is 145 Å². The zero-order valence-corrected chi connectivity index (χ0v) is 14.9. The highest BCUT2D eigenvalue weighted by atomic mass is 16.4. The molecule has 1 aromatic carbocycles. The fourth-order valence-corrected chi connectivity index (χ4v) is 2.66. The van der Waals surface area contributed by atoms with Gasteiger partial charge in [-0.15, -0.1) is 0 Å². The molecule has 0 saturated heterocycles. The maximum absolute atomic E-state index is 11.9. The second-order valence-corrected chi connectivity index (χ2v) is 6.36. The molecule has 24 heavy (non-hydrogen) atoms. The predicted molar refractivity (Wildman–Crippen MR) is 98.3 cm³/mol. The number of amides is 1. The maximum Gasteiger partial charge on any atom is 0.303 e. The summed E-state index contributed by atoms with van der Waals surface area (Å²) in [6.45, 7) is 2.22. The number of carboxylic acid groups (broad SMARTS) is 1. The largest absolute Gasteiger partial charge is 0.481 e. The number of rotatable bonds is 13. The van der Waals surface area contributed by atoms with Crippen molar-refractivity contribution in [1.82, 2.24) is 0 Å². The molecule has 0 aliphatic rings. The van der Waals surface area contributed by atoms with Gasteiger partial charge in [-0.3, -0.25) is 9.59 Å². The highest BCUT2D eigenvalue weighted by Crippen LogP contribution is 2.13. The Kier molecular flexibility index (Phi) is 10.6. The van der Waals surface area contributed by atoms with E-state index in [0.29, 0.717) is 12.8 Å². The molecular weight excluding hydrogens is 302 g/mol. The monoisotopic (exact) mass is 333 g/mol. The number of anilines is 1. The first-order valence-electron chi connectivity index (χ1n) is 9.22. The number of unbranched alkanes of at least 4 members (excludes halogenated alkanes) is 6. The van der Waals surface area contributed by atoms with E-state index in [4.69, 9.17) is 5.11 Å². The summed E-state index contributed by atoms with van der Waals surface area (Å²) in [6.07, 6.45) is 10.6. The Hall–Kier alpha value is -1.84. The smallest absolute Gasteiger partial charge is 0.303 e. The lowest BCUT2D eigenvalue weighted by Gasteiger charge is -2.07. The van der Waals surface area contributed by atoms with Crippen molar-refractivity contribution in [3.8, 4) is 0 Å². The normalized spacial score (nSPS) is 10.5. The van der Waals surface area contributed by atoms with E-state index in [0.717, 1.165) is 30.5 Å². The summed E-state index contributed by atoms with van der Waals surface area (Å²) in [5.41, 5.74) is 1.91. The second-order valence-electron chi connectivity index (χ2n) is 6.36. The van der Waals surface area contributed by atoms with Crippen LogP contribution in [0.3, 0.4) is 0 Å². The molecule has 4 nitrogen and oxygen atoms in total. The molecule has 0 fully saturated rings. The number of carbonyl (C=O) groups excluding carboxylic acids is 1. The Morgan fingerprint density at radius 2 is 1.50 bits per heavy atom. The first-order chi connectivity index (χ1) is 11.6. The standard InChI is InChI=1S/C20H31NO3/c1-2-3-4-5-6-7-8-11-19(22)21-18-15-13-17(14-16-18)10-9-12-20(23)24/h13-16H,2-12H2,1H3,(H,21,22)(H,23,24). The molecule has 0 heterocycles. The van der Waals surface area contributed by atoms with E-state index in [-0.39, 0.29) is 12.3 Å². The van der Waals surface area contributed by atoms with Gasteiger partial charge in [0.05, 0.1) is 0 Å². The van der Waals surface area contributed by atoms with Crippen LogP contribution in [-0.4, -0.2) is 17.0 Å². The van der Waals surface area contributed by atoms with Crippen LogP contribution in [0.1, 0.15) is 76.7 Å². The molecule has 2 N–H and O–H groups in total. The Balaban J connectivity index is 2.16. The zero-order valence-electron chi connectivity index (χ0n) is 14.9. The van der Waals surface area contributed by atoms with Gasteiger partial charge in [0.15, 0.2) is 0 Å². The number of aryl methyl sites for hydroxylation is 1. The third-order valence-electron chi connectivity index (χ3n) is 4.10. The van der Waals surface area contributed by atoms with Gasteiger partial charge < -0.3 is 10.4 Å². The summed E-state index contributed by atoms with van der Waals surface area (Å²) in [6, 6.07) is 7.67. The number of nitrogens with one attached hydrogen (secondary N) is 1. The number of carbonyl (C=O) groups is 2. The van der Waals surface area contributed by atoms with Gasteiger partial charge in [-0.05, 0) is 37.0 Å². The minimum absolute atomic E-state index is 0.0715. The van der Waals surface area contributed by atoms with Crippen molar-refractivity contribution >= 4 is 17.6 Å². The Bertz CT molecular complexity index is 482. The van der Waals surface area contributed by atoms with Gasteiger partial charge in [-0.25, -0.2) is 0 Å². The van der Waals surface area contributed by atoms with Crippen LogP contribution >= 0.6 is 0 Å². The number of aliphatic carboxylic acids is 1. The van der Waals surface area contributed by atoms with Gasteiger partial charge in [0, 0.05) is 18.5 Å². The highest BCUT2D eigenvalue weighted by Gasteiger charge is 2.03. The molecule has 1 rings (SSSR count). The van der Waals surface area contributed by atoms with Gasteiger partial charge >= 0.3 is 5.97 Å². The summed E-state index contributed by atoms with van der Waals surface area (Å²) < 4.78 is 0. The summed E-state index contributed by atoms with van der Waals surface area (Å²) in [4.78, 5) is 22.4. The molecule has 0 saturated carbocycles. The number of carboxylic acids is 1. The van der Waals surface area contributed by atoms with Gasteiger partial charge in [0.1, 0.15) is 0 Å². The van der Waals surface area contributed by atoms with Crippen LogP contribution in [0.25, 0.3) is 0 Å². The topological polar surface area (TPSA) is 66.4 Å². The van der Waals surface area contributed by atoms with Crippen molar-refractivity contribution in [2.75, 3.05) is 5.32 Å². The van der Waals surface area contributed by atoms with Crippen LogP contribution in [0.2, 0.25) is 0 Å². The quantitative estimate of drug-likeness (QED) is 0.489. The fourth-order valence-electron chi connectivity index (χ4n) is 2.66. The molecule has 0 aromatic heterocycles. The fraction of sp³-hybridized carbons (Fsp3) is 0.600. The molecule has 134 valence electrons. The minimum atomic E-state index is -0.760. The summed E-state index contributed by atoms with van der Waals surface area (Å²) in [5.74, 6) is -0.688. The molecule has 0 atom stereocenters. The number of hydrogen-bond donors (Lipinski definition) is 2. The SMILES string of the molecule is CCCCCCCCCC(=O)Nc1ccc(CCCC(=O)O)cc1. The van der Waals surface area contributed by atoms with Crippen molar-refractivity contribution < 1.29 is 14.7 Å². The summed E-state index contributed by atoms with van der Waals surface area (Å²) in [7, 11) is 0. The van der Waals surface area contributed by atoms with Crippen molar-refractivity contribution in [2.24, 2.45) is 0 Å². The average Bonchev–Trinajstić information content (AvgIpc) is 2.55. The van der Waals surface area contributed by atoms with E-state index >= 15 is 0 Å². The van der Waals surface area contributed by atoms with Crippen molar-refractivity contribution in [2.45, 2.75) is 77.6 Å². The van der Waals surface area contributed by atoms with Crippen molar-refractivity contribution in [1.29, 1.82) is 0 Å². The molecular formula is C20H31NO3. The van der Waals surface area contributed by atoms with Crippen molar-refractivity contribution in [3.05, 3.63) is 29.8 Å². The first kappa shape index (κ1) is 20.2. The maximum atomic E-state index is 11.9. The van der Waals surface area contributed by atoms with Crippen LogP contribution in [0.15, 0.2) is 24.3 Å². The minimum Gasteiger partial charge on any atom is -0.481 e. The van der Waals surface area contributed by atoms with Gasteiger partial charge in [-0.1, -0.05) is 57.6 Å². The van der Waals surface area contributed by atoms with Crippen molar-refractivity contribution in [3.63, 3.8) is 0 Å². The lowest BCUT2D eigenvalue weighted by molar-refractivity contribution is -0.137. The van der Waals surface area contributed by atoms with Gasteiger partial charge in [-0.2, -0.15) is 0 Å². The third kappa shape index (κ3) is 10.0. The van der Waals surface area contributed by atoms with E-state index in [2.05, 4.69) is 12.2 Å². The van der Waals surface area contributed by atoms with E-state index in [1.54, 1.807) is 0 Å². The summed E-state index contributed by atoms with van der Waals surface area (Å²) >= 11 is 0. The molecule has 0 aliphatic heterocycles. The lowest BCUT2D eigenvalue weighted by Crippen LogP contribution is -2.11. The Morgan fingerprint density at radius 3 is 2.12 bits per heavy atom. The molecule has 0 radical (unpaired) electrons. The summed E-state index contributed by atoms with van der Waals surface area (Å²) in [5, 5.41) is 11.6. The second kappa shape index (κ2) is 12.6. The van der Waals surface area contributed by atoms with E-state index in [9.17, 15) is 9.59 Å². The van der Waals surface area contributed by atoms with E-state index < -0.39 is 5.97 Å². The van der Waals surface area contributed by atoms with Crippen LogP contribution < -0.4 is 5.32 Å². The Morgan fingerprint density at radius 1 is 0.875 bits per heavy atom. The van der Waals surface area contributed by atoms with Crippen LogP contribution in [0.4, 0.5) is 5.69 Å². The first-order valence-corrected chi connectivity index (χ1v) is 9.22. The number of benzene rings is 1. The predicted octanol–water partition coefficient (Wildman–Crippen LogP) is 5.17. The van der Waals surface area contributed by atoms with Gasteiger partial charge in [0.2, 0.25) is 5.91 Å². The molecule has 4 heteroatoms. The van der Waals surface area contributed by atoms with Crippen LogP contribution in [-0.2, 0) is 16.0 Å². The third-order valence-corrected chi connectivity index (χ3v) is 4.10. The van der Waals surface area contributed by atoms with Crippen LogP contribution in [0.5, 0.6) is 0 Å². The zero-order chi connectivity index (χ0) is 17.6. The highest BCUT2D eigenvalue weighted by molar-refractivity contribution is 5.90. The number of hydrogen-bond acceptors (Lipinski definition) is 2. The lowest BCUT2D eigenvalue weighted by atomic mass is 10.1. The molecule has 1 aromatic rings. The molecule has 1 amide bonds. The molecule has 0 unspecified atom stereocenters. The van der Waals surface area contributed by atoms with Gasteiger partial charge in [0.25, 0.3) is 0 Å². The molecule has 0 bridgehead atoms.